The molecule has 3 aromatic heterocycles. The number of aryl methyl sites for hydroxylation is 1. The fourth-order valence-electron chi connectivity index (χ4n) is 6.22. The maximum Gasteiger partial charge on any atom is 0.418 e. The number of aromatic nitrogens is 5. The van der Waals surface area contributed by atoms with Gasteiger partial charge in [-0.3, -0.25) is 13.9 Å². The molecule has 7 nitrogen and oxygen atoms in total. The summed E-state index contributed by atoms with van der Waals surface area (Å²) in [6, 6.07) is 9.03. The largest absolute Gasteiger partial charge is 0.418 e. The monoisotopic (exact) mass is 538 g/mol. The lowest BCUT2D eigenvalue weighted by molar-refractivity contribution is -0.136. The first-order valence-corrected chi connectivity index (χ1v) is 13.7. The number of nitrogens with zero attached hydrogens (tertiary/aromatic N) is 6. The summed E-state index contributed by atoms with van der Waals surface area (Å²) in [6.07, 6.45) is 6.47. The smallest absolute Gasteiger partial charge is 0.320 e. The maximum atomic E-state index is 14.2. The Balaban J connectivity index is 1.43. The van der Waals surface area contributed by atoms with Gasteiger partial charge in [0, 0.05) is 37.9 Å². The topological polar surface area (TPSA) is 60.4 Å². The summed E-state index contributed by atoms with van der Waals surface area (Å²) in [5, 5.41) is 8.43. The number of piperidine rings is 1. The molecule has 0 spiro atoms. The van der Waals surface area contributed by atoms with E-state index in [1.54, 1.807) is 18.6 Å². The van der Waals surface area contributed by atoms with Gasteiger partial charge in [0.1, 0.15) is 12.2 Å². The van der Waals surface area contributed by atoms with E-state index in [2.05, 4.69) is 22.0 Å². The average Bonchev–Trinajstić information content (AvgIpc) is 3.44. The Kier molecular flexibility index (Phi) is 6.61. The maximum absolute atomic E-state index is 14.2. The van der Waals surface area contributed by atoms with Gasteiger partial charge >= 0.3 is 11.9 Å². The Hall–Kier alpha value is -3.40. The fourth-order valence-corrected chi connectivity index (χ4v) is 6.22. The molecular weight excluding hydrogens is 505 g/mol. The van der Waals surface area contributed by atoms with Gasteiger partial charge in [0.2, 0.25) is 0 Å². The molecule has 0 bridgehead atoms. The van der Waals surface area contributed by atoms with Crippen LogP contribution in [0.3, 0.4) is 0 Å². The summed E-state index contributed by atoms with van der Waals surface area (Å²) in [6.45, 7) is 3.33. The Morgan fingerprint density at radius 3 is 2.56 bits per heavy atom. The van der Waals surface area contributed by atoms with E-state index in [1.165, 1.54) is 16.8 Å². The van der Waals surface area contributed by atoms with Crippen molar-refractivity contribution in [3.05, 3.63) is 82.1 Å². The molecule has 10 heteroatoms. The van der Waals surface area contributed by atoms with Crippen molar-refractivity contribution in [2.24, 2.45) is 13.0 Å². The molecule has 0 amide bonds. The first-order valence-electron chi connectivity index (χ1n) is 13.7. The summed E-state index contributed by atoms with van der Waals surface area (Å²) in [5.41, 5.74) is 0.558. The SMILES string of the molecule is C[C@@H]1CCCCN1Cc1cc(C(F)(F)F)c2cn(-c3cccc(C(c4nncn4C)C4CCC4)c3)c(=O)n2c1. The number of benzene rings is 1. The third-order valence-electron chi connectivity index (χ3n) is 8.61. The number of halogens is 3. The van der Waals surface area contributed by atoms with Crippen LogP contribution in [0.15, 0.2) is 53.8 Å². The van der Waals surface area contributed by atoms with Crippen LogP contribution >= 0.6 is 0 Å². The lowest BCUT2D eigenvalue weighted by Crippen LogP contribution is -2.37. The average molecular weight is 539 g/mol. The number of hydrogen-bond donors (Lipinski definition) is 0. The first-order chi connectivity index (χ1) is 18.7. The lowest BCUT2D eigenvalue weighted by atomic mass is 9.72. The van der Waals surface area contributed by atoms with E-state index in [0.717, 1.165) is 60.9 Å². The van der Waals surface area contributed by atoms with Crippen molar-refractivity contribution in [1.82, 2.24) is 28.6 Å². The van der Waals surface area contributed by atoms with Gasteiger partial charge in [-0.2, -0.15) is 13.2 Å². The molecule has 39 heavy (non-hydrogen) atoms. The third kappa shape index (κ3) is 4.79. The van der Waals surface area contributed by atoms with Crippen LogP contribution in [0.4, 0.5) is 13.2 Å². The van der Waals surface area contributed by atoms with E-state index in [9.17, 15) is 18.0 Å². The van der Waals surface area contributed by atoms with Gasteiger partial charge in [-0.15, -0.1) is 10.2 Å². The second-order valence-corrected chi connectivity index (χ2v) is 11.2. The quantitative estimate of drug-likeness (QED) is 0.323. The highest BCUT2D eigenvalue weighted by molar-refractivity contribution is 5.58. The van der Waals surface area contributed by atoms with E-state index in [-0.39, 0.29) is 11.4 Å². The number of imidazole rings is 1. The molecule has 4 heterocycles. The molecule has 1 saturated heterocycles. The molecule has 206 valence electrons. The van der Waals surface area contributed by atoms with Crippen LogP contribution < -0.4 is 5.69 Å². The first kappa shape index (κ1) is 25.9. The molecule has 2 atom stereocenters. The number of alkyl halides is 3. The molecule has 1 aromatic carbocycles. The van der Waals surface area contributed by atoms with Gasteiger partial charge in [-0.25, -0.2) is 4.79 Å². The molecule has 1 aliphatic heterocycles. The number of likely N-dealkylation sites (tertiary alicyclic amines) is 1. The Morgan fingerprint density at radius 2 is 1.90 bits per heavy atom. The summed E-state index contributed by atoms with van der Waals surface area (Å²) >= 11 is 0. The Morgan fingerprint density at radius 1 is 1.08 bits per heavy atom. The highest BCUT2D eigenvalue weighted by atomic mass is 19.4. The highest BCUT2D eigenvalue weighted by Gasteiger charge is 2.36. The van der Waals surface area contributed by atoms with Crippen LogP contribution in [0.25, 0.3) is 11.2 Å². The van der Waals surface area contributed by atoms with Gasteiger partial charge < -0.3 is 4.57 Å². The minimum Gasteiger partial charge on any atom is -0.320 e. The van der Waals surface area contributed by atoms with E-state index < -0.39 is 17.4 Å². The van der Waals surface area contributed by atoms with Gasteiger partial charge in [0.15, 0.2) is 0 Å². The normalized spacial score (nSPS) is 19.9. The van der Waals surface area contributed by atoms with E-state index >= 15 is 0 Å². The second-order valence-electron chi connectivity index (χ2n) is 11.2. The van der Waals surface area contributed by atoms with Crippen LogP contribution in [0.2, 0.25) is 0 Å². The summed E-state index contributed by atoms with van der Waals surface area (Å²) in [5.74, 6) is 1.26. The van der Waals surface area contributed by atoms with Crippen LogP contribution in [0, 0.1) is 5.92 Å². The minimum absolute atomic E-state index is 0.00260. The van der Waals surface area contributed by atoms with Crippen molar-refractivity contribution in [3.8, 4) is 5.69 Å². The van der Waals surface area contributed by atoms with Crippen LogP contribution in [-0.4, -0.2) is 41.2 Å². The van der Waals surface area contributed by atoms with Crippen molar-refractivity contribution in [1.29, 1.82) is 0 Å². The second kappa shape index (κ2) is 9.97. The van der Waals surface area contributed by atoms with Crippen molar-refractivity contribution in [2.75, 3.05) is 6.54 Å². The van der Waals surface area contributed by atoms with E-state index in [1.807, 2.05) is 29.8 Å². The van der Waals surface area contributed by atoms with E-state index in [0.29, 0.717) is 29.8 Å². The van der Waals surface area contributed by atoms with Crippen LogP contribution in [0.5, 0.6) is 0 Å². The molecule has 2 aliphatic rings. The van der Waals surface area contributed by atoms with Gasteiger partial charge in [0.05, 0.1) is 16.8 Å². The highest BCUT2D eigenvalue weighted by Crippen LogP contribution is 2.43. The lowest BCUT2D eigenvalue weighted by Gasteiger charge is -2.33. The number of pyridine rings is 1. The molecule has 1 aliphatic carbocycles. The minimum atomic E-state index is -4.59. The zero-order valence-electron chi connectivity index (χ0n) is 22.2. The van der Waals surface area contributed by atoms with Crippen molar-refractivity contribution in [2.45, 2.75) is 70.1 Å². The molecule has 0 N–H and O–H groups in total. The predicted molar refractivity (Wildman–Crippen MR) is 142 cm³/mol. The predicted octanol–water partition coefficient (Wildman–Crippen LogP) is 5.54. The molecule has 2 fully saturated rings. The summed E-state index contributed by atoms with van der Waals surface area (Å²) in [7, 11) is 1.91. The number of fused-ring (bicyclic) bond motifs is 1. The molecular formula is C29H33F3N6O. The number of hydrogen-bond acceptors (Lipinski definition) is 4. The van der Waals surface area contributed by atoms with Crippen molar-refractivity contribution < 1.29 is 13.2 Å². The Labute approximate surface area is 224 Å². The molecule has 0 radical (unpaired) electrons. The van der Waals surface area contributed by atoms with Gasteiger partial charge in [-0.05, 0) is 74.4 Å². The zero-order chi connectivity index (χ0) is 27.3. The molecule has 4 aromatic rings. The summed E-state index contributed by atoms with van der Waals surface area (Å²) < 4.78 is 47.1. The van der Waals surface area contributed by atoms with Gasteiger partial charge in [0.25, 0.3) is 0 Å². The van der Waals surface area contributed by atoms with E-state index in [4.69, 9.17) is 0 Å². The molecule has 1 unspecified atom stereocenters. The number of rotatable bonds is 6. The van der Waals surface area contributed by atoms with Crippen LogP contribution in [0.1, 0.15) is 73.9 Å². The molecule has 1 saturated carbocycles. The molecule has 6 rings (SSSR count). The fraction of sp³-hybridized carbons (Fsp3) is 0.483. The standard InChI is InChI=1S/C29H33F3N6O/c1-19-7-3-4-12-36(19)15-20-13-24(29(30,31)32)25-17-37(28(39)38(25)16-20)23-11-6-10-22(14-23)26(21-8-5-9-21)27-34-33-18-35(27)2/h6,10-11,13-14,16-19,21,26H,3-5,7-9,12,15H2,1-2H3/t19-,26?/m1/s1. The third-order valence-corrected chi connectivity index (χ3v) is 8.61. The summed E-state index contributed by atoms with van der Waals surface area (Å²) in [4.78, 5) is 15.8. The van der Waals surface area contributed by atoms with Gasteiger partial charge in [-0.1, -0.05) is 25.0 Å². The zero-order valence-corrected chi connectivity index (χ0v) is 22.2. The van der Waals surface area contributed by atoms with Crippen LogP contribution in [-0.2, 0) is 19.8 Å². The van der Waals surface area contributed by atoms with Crippen molar-refractivity contribution in [3.63, 3.8) is 0 Å². The van der Waals surface area contributed by atoms with Crippen molar-refractivity contribution >= 4 is 5.52 Å². The Bertz CT molecular complexity index is 1550.